The smallest absolute Gasteiger partial charge is 0.255 e. The first-order valence-corrected chi connectivity index (χ1v) is 13.1. The normalized spacial score (nSPS) is 18.1. The Balaban J connectivity index is 1.34. The summed E-state index contributed by atoms with van der Waals surface area (Å²) < 4.78 is 0. The lowest BCUT2D eigenvalue weighted by Gasteiger charge is -2.42. The number of carbonyl (C=O) groups excluding carboxylic acids is 1. The lowest BCUT2D eigenvalue weighted by atomic mass is 9.88. The summed E-state index contributed by atoms with van der Waals surface area (Å²) in [5.41, 5.74) is 7.01. The van der Waals surface area contributed by atoms with E-state index in [1.165, 1.54) is 29.6 Å². The largest absolute Gasteiger partial charge is 0.348 e. The molecule has 2 N–H and O–H groups in total. The van der Waals surface area contributed by atoms with Crippen molar-refractivity contribution in [2.24, 2.45) is 0 Å². The molecule has 0 bridgehead atoms. The van der Waals surface area contributed by atoms with Crippen LogP contribution in [0.3, 0.4) is 0 Å². The van der Waals surface area contributed by atoms with Crippen molar-refractivity contribution in [3.8, 4) is 0 Å². The zero-order valence-electron chi connectivity index (χ0n) is 21.3. The van der Waals surface area contributed by atoms with Crippen LogP contribution in [0.4, 0.5) is 0 Å². The predicted octanol–water partition coefficient (Wildman–Crippen LogP) is 4.05. The van der Waals surface area contributed by atoms with Crippen molar-refractivity contribution in [2.45, 2.75) is 71.1 Å². The van der Waals surface area contributed by atoms with Gasteiger partial charge >= 0.3 is 0 Å². The zero-order valence-corrected chi connectivity index (χ0v) is 21.3. The fourth-order valence-electron chi connectivity index (χ4n) is 5.78. The van der Waals surface area contributed by atoms with Crippen LogP contribution in [-0.2, 0) is 19.5 Å². The van der Waals surface area contributed by atoms with Gasteiger partial charge in [0.2, 0.25) is 0 Å². The highest BCUT2D eigenvalue weighted by Crippen LogP contribution is 2.36. The summed E-state index contributed by atoms with van der Waals surface area (Å²) in [6.07, 6.45) is 9.25. The van der Waals surface area contributed by atoms with Gasteiger partial charge in [-0.3, -0.25) is 14.7 Å². The minimum atomic E-state index is -0.128. The molecule has 1 fully saturated rings. The first-order valence-electron chi connectivity index (χ1n) is 13.1. The van der Waals surface area contributed by atoms with Gasteiger partial charge in [-0.25, -0.2) is 9.97 Å². The highest BCUT2D eigenvalue weighted by Gasteiger charge is 2.32. The summed E-state index contributed by atoms with van der Waals surface area (Å²) in [6, 6.07) is 13.8. The molecule has 1 unspecified atom stereocenters. The Hall–Kier alpha value is -3.16. The number of benzene rings is 1. The van der Waals surface area contributed by atoms with E-state index in [1.54, 1.807) is 0 Å². The number of hydrogen-bond acceptors (Lipinski definition) is 6. The Labute approximate surface area is 213 Å². The summed E-state index contributed by atoms with van der Waals surface area (Å²) in [5, 5.41) is 6.59. The van der Waals surface area contributed by atoms with Crippen LogP contribution in [0.25, 0.3) is 0 Å². The van der Waals surface area contributed by atoms with Crippen molar-refractivity contribution in [1.29, 1.82) is 0 Å². The van der Waals surface area contributed by atoms with Crippen LogP contribution in [0, 0.1) is 13.8 Å². The molecule has 188 valence electrons. The number of pyridine rings is 1. The first-order chi connectivity index (χ1) is 17.6. The second kappa shape index (κ2) is 11.3. The maximum Gasteiger partial charge on any atom is 0.255 e. The Morgan fingerprint density at radius 2 is 1.81 bits per heavy atom. The maximum atomic E-state index is 12.8. The number of hydrogen-bond donors (Lipinski definition) is 2. The van der Waals surface area contributed by atoms with Crippen LogP contribution in [-0.4, -0.2) is 44.9 Å². The minimum Gasteiger partial charge on any atom is -0.348 e. The molecule has 7 heteroatoms. The molecule has 1 aliphatic carbocycles. The van der Waals surface area contributed by atoms with Crippen molar-refractivity contribution in [3.63, 3.8) is 0 Å². The number of piperidine rings is 1. The number of rotatable bonds is 7. The third kappa shape index (κ3) is 5.47. The summed E-state index contributed by atoms with van der Waals surface area (Å²) in [7, 11) is 0. The fourth-order valence-corrected chi connectivity index (χ4v) is 5.78. The molecule has 2 aromatic heterocycles. The van der Waals surface area contributed by atoms with E-state index in [0.29, 0.717) is 35.6 Å². The second-order valence-electron chi connectivity index (χ2n) is 10.0. The summed E-state index contributed by atoms with van der Waals surface area (Å²) >= 11 is 0. The van der Waals surface area contributed by atoms with Crippen LogP contribution < -0.4 is 10.6 Å². The average molecular weight is 485 g/mol. The highest BCUT2D eigenvalue weighted by atomic mass is 16.1. The molecule has 0 radical (unpaired) electrons. The lowest BCUT2D eigenvalue weighted by Crippen LogP contribution is -2.45. The predicted molar refractivity (Wildman–Crippen MR) is 140 cm³/mol. The fraction of sp³-hybridized carbons (Fsp3) is 0.448. The molecule has 7 nitrogen and oxygen atoms in total. The molecule has 36 heavy (non-hydrogen) atoms. The van der Waals surface area contributed by atoms with Gasteiger partial charge in [-0.1, -0.05) is 30.3 Å². The average Bonchev–Trinajstić information content (AvgIpc) is 2.91. The number of aryl methyl sites for hydroxylation is 3. The topological polar surface area (TPSA) is 83.0 Å². The summed E-state index contributed by atoms with van der Waals surface area (Å²) in [4.78, 5) is 28.8. The van der Waals surface area contributed by atoms with Crippen LogP contribution in [0.5, 0.6) is 0 Å². The van der Waals surface area contributed by atoms with Gasteiger partial charge in [0.15, 0.2) is 0 Å². The molecule has 1 aliphatic heterocycles. The Morgan fingerprint density at radius 1 is 1.03 bits per heavy atom. The van der Waals surface area contributed by atoms with Gasteiger partial charge in [0.05, 0.1) is 28.7 Å². The number of carbonyl (C=O) groups is 1. The number of nitrogens with one attached hydrogen (secondary N) is 2. The Kier molecular flexibility index (Phi) is 7.68. The minimum absolute atomic E-state index is 0.128. The molecule has 3 heterocycles. The monoisotopic (exact) mass is 484 g/mol. The van der Waals surface area contributed by atoms with Crippen molar-refractivity contribution in [3.05, 3.63) is 88.3 Å². The quantitative estimate of drug-likeness (QED) is 0.527. The van der Waals surface area contributed by atoms with Crippen molar-refractivity contribution in [1.82, 2.24) is 30.5 Å². The third-order valence-electron chi connectivity index (χ3n) is 7.61. The number of nitrogens with zero attached hydrogens (tertiary/aromatic N) is 4. The number of fused-ring (bicyclic) bond motifs is 1. The second-order valence-corrected chi connectivity index (χ2v) is 10.0. The molecule has 5 rings (SSSR count). The lowest BCUT2D eigenvalue weighted by molar-refractivity contribution is 0.0861. The molecule has 0 saturated carbocycles. The molecular formula is C29H36N6O. The summed E-state index contributed by atoms with van der Waals surface area (Å²) in [6.45, 7) is 7.18. The van der Waals surface area contributed by atoms with Crippen LogP contribution in [0.1, 0.15) is 75.9 Å². The molecule has 1 aromatic carbocycles. The molecule has 1 atom stereocenters. The van der Waals surface area contributed by atoms with E-state index in [9.17, 15) is 4.79 Å². The third-order valence-corrected chi connectivity index (χ3v) is 7.61. The van der Waals surface area contributed by atoms with Crippen LogP contribution in [0.2, 0.25) is 0 Å². The standard InChI is InChI=1S/C29H36N6O/c1-20-27(21(2)34-19-33-20)29(36)32-17-22-6-3-7-23(16-22)18-35(25-11-14-30-15-12-25)26-10-4-8-24-9-5-13-31-28(24)26/h3,5-7,9,13,16,19,25-26,30H,4,8,10-12,14-15,17-18H2,1-2H3,(H,32,36). The van der Waals surface area contributed by atoms with Gasteiger partial charge in [0.1, 0.15) is 6.33 Å². The first kappa shape index (κ1) is 24.5. The van der Waals surface area contributed by atoms with Gasteiger partial charge < -0.3 is 10.6 Å². The van der Waals surface area contributed by atoms with Crippen molar-refractivity contribution in [2.75, 3.05) is 13.1 Å². The summed E-state index contributed by atoms with van der Waals surface area (Å²) in [5.74, 6) is -0.128. The van der Waals surface area contributed by atoms with Gasteiger partial charge in [0, 0.05) is 25.3 Å². The van der Waals surface area contributed by atoms with E-state index in [0.717, 1.165) is 50.9 Å². The van der Waals surface area contributed by atoms with Gasteiger partial charge in [-0.2, -0.15) is 0 Å². The highest BCUT2D eigenvalue weighted by molar-refractivity contribution is 5.96. The zero-order chi connectivity index (χ0) is 24.9. The van der Waals surface area contributed by atoms with E-state index < -0.39 is 0 Å². The maximum absolute atomic E-state index is 12.8. The van der Waals surface area contributed by atoms with Crippen molar-refractivity contribution >= 4 is 5.91 Å². The van der Waals surface area contributed by atoms with E-state index in [1.807, 2.05) is 20.0 Å². The Morgan fingerprint density at radius 3 is 2.61 bits per heavy atom. The number of aromatic nitrogens is 3. The number of amides is 1. The van der Waals surface area contributed by atoms with E-state index in [2.05, 4.69) is 61.9 Å². The van der Waals surface area contributed by atoms with E-state index >= 15 is 0 Å². The van der Waals surface area contributed by atoms with Gasteiger partial charge in [-0.05, 0) is 81.8 Å². The molecular weight excluding hydrogens is 448 g/mol. The molecule has 2 aliphatic rings. The van der Waals surface area contributed by atoms with Crippen molar-refractivity contribution < 1.29 is 4.79 Å². The van der Waals surface area contributed by atoms with E-state index in [4.69, 9.17) is 4.98 Å². The van der Waals surface area contributed by atoms with Crippen LogP contribution >= 0.6 is 0 Å². The van der Waals surface area contributed by atoms with Crippen LogP contribution in [0.15, 0.2) is 48.9 Å². The van der Waals surface area contributed by atoms with Gasteiger partial charge in [-0.15, -0.1) is 0 Å². The SMILES string of the molecule is Cc1ncnc(C)c1C(=O)NCc1cccc(CN(C2CCNCC2)C2CCCc3cccnc32)c1. The Bertz CT molecular complexity index is 1190. The van der Waals surface area contributed by atoms with E-state index in [-0.39, 0.29) is 5.91 Å². The molecule has 1 amide bonds. The molecule has 1 saturated heterocycles. The molecule has 0 spiro atoms. The van der Waals surface area contributed by atoms with Gasteiger partial charge in [0.25, 0.3) is 5.91 Å². The molecule has 3 aromatic rings.